The molecule has 0 aliphatic carbocycles. The Morgan fingerprint density at radius 1 is 1.50 bits per heavy atom. The van der Waals surface area contributed by atoms with Gasteiger partial charge >= 0.3 is 6.18 Å². The number of alkyl halides is 3. The Morgan fingerprint density at radius 3 is 2.77 bits per heavy atom. The fourth-order valence-electron chi connectivity index (χ4n) is 3.47. The molecule has 0 N–H and O–H groups in total. The van der Waals surface area contributed by atoms with Crippen LogP contribution in [-0.2, 0) is 0 Å². The van der Waals surface area contributed by atoms with Crippen LogP contribution in [0.15, 0.2) is 22.7 Å². The van der Waals surface area contributed by atoms with E-state index < -0.39 is 28.7 Å². The van der Waals surface area contributed by atoms with Crippen molar-refractivity contribution in [2.24, 2.45) is 0 Å². The minimum atomic E-state index is -4.82. The highest BCUT2D eigenvalue weighted by atomic mass is 79.9. The first-order valence-corrected chi connectivity index (χ1v) is 7.31. The molecule has 0 aromatic heterocycles. The first-order chi connectivity index (χ1) is 10.2. The van der Waals surface area contributed by atoms with E-state index in [1.807, 2.05) is 0 Å². The zero-order chi connectivity index (χ0) is 16.3. The number of ether oxygens (including phenoxy) is 1. The maximum Gasteiger partial charge on any atom is 0.432 e. The first kappa shape index (κ1) is 15.5. The van der Waals surface area contributed by atoms with Crippen LogP contribution in [-0.4, -0.2) is 47.8 Å². The lowest BCUT2D eigenvalue weighted by Gasteiger charge is -2.39. The number of fused-ring (bicyclic) bond motifs is 3. The van der Waals surface area contributed by atoms with Gasteiger partial charge < -0.3 is 4.74 Å². The van der Waals surface area contributed by atoms with Gasteiger partial charge in [-0.1, -0.05) is 15.9 Å². The van der Waals surface area contributed by atoms with Crippen molar-refractivity contribution in [3.63, 3.8) is 0 Å². The second-order valence-corrected chi connectivity index (χ2v) is 6.64. The van der Waals surface area contributed by atoms with Gasteiger partial charge in [-0.3, -0.25) is 15.0 Å². The van der Waals surface area contributed by atoms with E-state index in [9.17, 15) is 23.3 Å². The molecule has 0 radical (unpaired) electrons. The summed E-state index contributed by atoms with van der Waals surface area (Å²) in [4.78, 5) is 12.4. The number of halogens is 4. The molecule has 2 aliphatic heterocycles. The summed E-state index contributed by atoms with van der Waals surface area (Å²) in [6, 6.07) is 4.58. The predicted octanol–water partition coefficient (Wildman–Crippen LogP) is 2.82. The van der Waals surface area contributed by atoms with Crippen molar-refractivity contribution in [1.29, 1.82) is 0 Å². The van der Waals surface area contributed by atoms with Crippen LogP contribution in [0, 0.1) is 10.1 Å². The van der Waals surface area contributed by atoms with Crippen molar-refractivity contribution in [3.8, 4) is 5.75 Å². The third kappa shape index (κ3) is 2.10. The van der Waals surface area contributed by atoms with E-state index >= 15 is 0 Å². The van der Waals surface area contributed by atoms with Crippen LogP contribution in [0.5, 0.6) is 5.75 Å². The Kier molecular flexibility index (Phi) is 3.41. The van der Waals surface area contributed by atoms with Crippen LogP contribution in [0.1, 0.15) is 11.5 Å². The van der Waals surface area contributed by atoms with Gasteiger partial charge in [-0.15, -0.1) is 0 Å². The van der Waals surface area contributed by atoms with Gasteiger partial charge in [0.25, 0.3) is 11.6 Å². The molecule has 1 fully saturated rings. The van der Waals surface area contributed by atoms with Gasteiger partial charge in [-0.25, -0.2) is 0 Å². The zero-order valence-electron chi connectivity index (χ0n) is 11.4. The third-order valence-corrected chi connectivity index (χ3v) is 4.80. The number of rotatable bonds is 1. The Bertz CT molecular complexity index is 639. The van der Waals surface area contributed by atoms with Crippen molar-refractivity contribution >= 4 is 15.9 Å². The summed E-state index contributed by atoms with van der Waals surface area (Å²) in [5.74, 6) is -0.816. The van der Waals surface area contributed by atoms with Gasteiger partial charge in [0.2, 0.25) is 0 Å². The molecular formula is C13H12BrF3N2O3. The maximum atomic E-state index is 13.4. The highest BCUT2D eigenvalue weighted by molar-refractivity contribution is 9.10. The summed E-state index contributed by atoms with van der Waals surface area (Å²) in [5, 5.41) is 11.6. The van der Waals surface area contributed by atoms with E-state index in [1.165, 1.54) is 6.07 Å². The Morgan fingerprint density at radius 2 is 2.18 bits per heavy atom. The lowest BCUT2D eigenvalue weighted by molar-refractivity contribution is -0.591. The van der Waals surface area contributed by atoms with Gasteiger partial charge in [0, 0.05) is 21.5 Å². The molecule has 0 unspecified atom stereocenters. The molecule has 0 spiro atoms. The van der Waals surface area contributed by atoms with Crippen LogP contribution in [0.2, 0.25) is 0 Å². The molecule has 1 saturated heterocycles. The molecule has 5 nitrogen and oxygen atoms in total. The molecule has 22 heavy (non-hydrogen) atoms. The largest absolute Gasteiger partial charge is 0.473 e. The molecule has 1 aromatic rings. The fourth-order valence-corrected chi connectivity index (χ4v) is 3.85. The molecular weight excluding hydrogens is 369 g/mol. The number of nitrogens with zero attached hydrogens (tertiary/aromatic N) is 2. The molecule has 3 rings (SSSR count). The second-order valence-electron chi connectivity index (χ2n) is 5.72. The molecule has 2 aliphatic rings. The van der Waals surface area contributed by atoms with Crippen molar-refractivity contribution in [1.82, 2.24) is 4.90 Å². The van der Waals surface area contributed by atoms with Crippen LogP contribution in [0.3, 0.4) is 0 Å². The number of nitro groups is 1. The van der Waals surface area contributed by atoms with Gasteiger partial charge in [-0.2, -0.15) is 13.2 Å². The predicted molar refractivity (Wildman–Crippen MR) is 74.6 cm³/mol. The van der Waals surface area contributed by atoms with Gasteiger partial charge in [-0.05, 0) is 25.2 Å². The summed E-state index contributed by atoms with van der Waals surface area (Å²) in [6.07, 6.45) is -7.28. The average molecular weight is 381 g/mol. The van der Waals surface area contributed by atoms with E-state index in [-0.39, 0.29) is 18.8 Å². The second kappa shape index (κ2) is 4.82. The van der Waals surface area contributed by atoms with Gasteiger partial charge in [0.05, 0.1) is 12.5 Å². The quantitative estimate of drug-likeness (QED) is 0.555. The van der Waals surface area contributed by atoms with Gasteiger partial charge in [0.1, 0.15) is 5.75 Å². The summed E-state index contributed by atoms with van der Waals surface area (Å²) in [7, 11) is 1.58. The van der Waals surface area contributed by atoms with E-state index in [4.69, 9.17) is 4.74 Å². The molecule has 0 saturated carbocycles. The molecule has 2 heterocycles. The van der Waals surface area contributed by atoms with Crippen LogP contribution in [0.25, 0.3) is 0 Å². The summed E-state index contributed by atoms with van der Waals surface area (Å²) in [5.41, 5.74) is -1.78. The van der Waals surface area contributed by atoms with Crippen LogP contribution in [0.4, 0.5) is 13.2 Å². The van der Waals surface area contributed by atoms with Crippen LogP contribution < -0.4 is 4.74 Å². The molecule has 9 heteroatoms. The van der Waals surface area contributed by atoms with E-state index in [0.717, 1.165) is 0 Å². The monoisotopic (exact) mass is 380 g/mol. The highest BCUT2D eigenvalue weighted by Gasteiger charge is 2.73. The summed E-state index contributed by atoms with van der Waals surface area (Å²) >= 11 is 3.25. The topological polar surface area (TPSA) is 55.6 Å². The van der Waals surface area contributed by atoms with Crippen molar-refractivity contribution in [2.75, 3.05) is 20.1 Å². The van der Waals surface area contributed by atoms with E-state index in [0.29, 0.717) is 10.0 Å². The normalized spacial score (nSPS) is 31.3. The number of benzene rings is 1. The minimum absolute atomic E-state index is 0.0586. The number of likely N-dealkylation sites (tertiary alicyclic amines) is 1. The van der Waals surface area contributed by atoms with E-state index in [1.54, 1.807) is 24.1 Å². The van der Waals surface area contributed by atoms with E-state index in [2.05, 4.69) is 15.9 Å². The smallest absolute Gasteiger partial charge is 0.432 e. The van der Waals surface area contributed by atoms with Gasteiger partial charge in [0.15, 0.2) is 0 Å². The van der Waals surface area contributed by atoms with Crippen molar-refractivity contribution in [3.05, 3.63) is 38.3 Å². The lowest BCUT2D eigenvalue weighted by Crippen LogP contribution is -2.64. The van der Waals surface area contributed by atoms with Crippen LogP contribution >= 0.6 is 15.9 Å². The number of hydrogen-bond donors (Lipinski definition) is 0. The highest BCUT2D eigenvalue weighted by Crippen LogP contribution is 2.52. The average Bonchev–Trinajstić information content (AvgIpc) is 2.75. The lowest BCUT2D eigenvalue weighted by atomic mass is 9.75. The summed E-state index contributed by atoms with van der Waals surface area (Å²) < 4.78 is 46.0. The first-order valence-electron chi connectivity index (χ1n) is 6.52. The fraction of sp³-hybridized carbons (Fsp3) is 0.538. The zero-order valence-corrected chi connectivity index (χ0v) is 13.0. The Hall–Kier alpha value is -1.35. The Balaban J connectivity index is 2.23. The van der Waals surface area contributed by atoms with Crippen molar-refractivity contribution in [2.45, 2.75) is 23.7 Å². The Labute approximate surface area is 132 Å². The third-order valence-electron chi connectivity index (χ3n) is 4.30. The molecule has 0 bridgehead atoms. The number of likely N-dealkylation sites (N-methyl/N-ethyl adjacent to an activating group) is 1. The standard InChI is InChI=1S/C13H12BrF3N2O3/c1-18-5-9-8-4-7(14)2-3-10(8)22-11(13(15,16)17)12(9,6-18)19(20)21/h2-4,9,11H,5-6H2,1H3/t9-,11-,12+/m1/s1. The summed E-state index contributed by atoms with van der Waals surface area (Å²) in [6.45, 7) is -0.124. The number of hydrogen-bond acceptors (Lipinski definition) is 4. The molecule has 3 atom stereocenters. The minimum Gasteiger partial charge on any atom is -0.473 e. The maximum absolute atomic E-state index is 13.4. The molecule has 0 amide bonds. The molecule has 1 aromatic carbocycles. The molecule has 120 valence electrons. The van der Waals surface area contributed by atoms with Crippen molar-refractivity contribution < 1.29 is 22.8 Å². The SMILES string of the molecule is CN1C[C@@H]2c3cc(Br)ccc3O[C@@H](C(F)(F)F)[C@]2([N+](=O)[O-])C1.